The number of hydrogen-bond donors (Lipinski definition) is 1. The Morgan fingerprint density at radius 1 is 1.38 bits per heavy atom. The van der Waals surface area contributed by atoms with Crippen LogP contribution in [-0.4, -0.2) is 17.3 Å². The van der Waals surface area contributed by atoms with E-state index in [0.29, 0.717) is 25.1 Å². The third-order valence-electron chi connectivity index (χ3n) is 4.04. The van der Waals surface area contributed by atoms with Gasteiger partial charge in [0, 0.05) is 24.0 Å². The molecular formula is C17H20N2O4S. The van der Waals surface area contributed by atoms with Crippen molar-refractivity contribution >= 4 is 17.2 Å². The Balaban J connectivity index is 1.50. The summed E-state index contributed by atoms with van der Waals surface area (Å²) in [6.45, 7) is 4.64. The van der Waals surface area contributed by atoms with Gasteiger partial charge in [0.05, 0.1) is 6.04 Å². The van der Waals surface area contributed by atoms with Crippen LogP contribution in [0.5, 0.6) is 11.5 Å². The molecule has 0 bridgehead atoms. The van der Waals surface area contributed by atoms with Crippen LogP contribution in [0.2, 0.25) is 0 Å². The monoisotopic (exact) mass is 348 g/mol. The normalized spacial score (nSPS) is 13.8. The van der Waals surface area contributed by atoms with Crippen molar-refractivity contribution < 1.29 is 14.3 Å². The predicted octanol–water partition coefficient (Wildman–Crippen LogP) is 2.60. The number of aryl methyl sites for hydroxylation is 1. The molecule has 1 unspecified atom stereocenters. The van der Waals surface area contributed by atoms with Crippen molar-refractivity contribution in [1.82, 2.24) is 9.88 Å². The third-order valence-corrected chi connectivity index (χ3v) is 4.92. The van der Waals surface area contributed by atoms with Crippen LogP contribution in [0.25, 0.3) is 0 Å². The number of aromatic nitrogens is 1. The quantitative estimate of drug-likeness (QED) is 0.871. The van der Waals surface area contributed by atoms with E-state index >= 15 is 0 Å². The van der Waals surface area contributed by atoms with Crippen LogP contribution in [0.15, 0.2) is 28.4 Å². The number of thiazole rings is 1. The van der Waals surface area contributed by atoms with Crippen LogP contribution in [0.4, 0.5) is 0 Å². The smallest absolute Gasteiger partial charge is 0.307 e. The third kappa shape index (κ3) is 3.62. The van der Waals surface area contributed by atoms with Gasteiger partial charge in [0.25, 0.3) is 0 Å². The summed E-state index contributed by atoms with van der Waals surface area (Å²) in [4.78, 5) is 23.8. The molecule has 0 radical (unpaired) electrons. The molecule has 1 aliphatic rings. The molecule has 1 aliphatic heterocycles. The number of nitrogens with one attached hydrogen (secondary N) is 1. The van der Waals surface area contributed by atoms with E-state index in [9.17, 15) is 9.59 Å². The van der Waals surface area contributed by atoms with Crippen LogP contribution >= 0.6 is 11.3 Å². The van der Waals surface area contributed by atoms with Gasteiger partial charge in [-0.15, -0.1) is 0 Å². The Morgan fingerprint density at radius 2 is 2.17 bits per heavy atom. The second-order valence-electron chi connectivity index (χ2n) is 5.80. The number of carbonyl (C=O) groups is 1. The van der Waals surface area contributed by atoms with Crippen molar-refractivity contribution in [3.63, 3.8) is 0 Å². The van der Waals surface area contributed by atoms with E-state index in [0.717, 1.165) is 17.0 Å². The first-order chi connectivity index (χ1) is 11.5. The molecule has 2 aromatic rings. The van der Waals surface area contributed by atoms with Gasteiger partial charge >= 0.3 is 4.87 Å². The lowest BCUT2D eigenvalue weighted by Crippen LogP contribution is -2.27. The van der Waals surface area contributed by atoms with E-state index in [1.54, 1.807) is 4.57 Å². The molecule has 0 spiro atoms. The minimum atomic E-state index is -0.113. The van der Waals surface area contributed by atoms with Gasteiger partial charge < -0.3 is 19.4 Å². The van der Waals surface area contributed by atoms with Crippen molar-refractivity contribution in [3.8, 4) is 11.5 Å². The Labute approximate surface area is 144 Å². The maximum absolute atomic E-state index is 12.1. The molecule has 24 heavy (non-hydrogen) atoms. The average Bonchev–Trinajstić information content (AvgIpc) is 3.15. The molecule has 3 rings (SSSR count). The first-order valence-electron chi connectivity index (χ1n) is 7.88. The van der Waals surface area contributed by atoms with E-state index in [2.05, 4.69) is 5.32 Å². The summed E-state index contributed by atoms with van der Waals surface area (Å²) in [5.41, 5.74) is 1.91. The van der Waals surface area contributed by atoms with Crippen molar-refractivity contribution in [2.45, 2.75) is 39.3 Å². The number of fused-ring (bicyclic) bond motifs is 1. The highest BCUT2D eigenvalue weighted by Crippen LogP contribution is 2.34. The lowest BCUT2D eigenvalue weighted by atomic mass is 10.1. The standard InChI is InChI=1S/C17H20N2O4S/c1-11-9-24-17(21)19(11)7-3-4-16(20)18-12(2)13-5-6-14-15(8-13)23-10-22-14/h5-6,8-9,12H,3-4,7,10H2,1-2H3,(H,18,20). The molecule has 0 saturated heterocycles. The van der Waals surface area contributed by atoms with Crippen LogP contribution < -0.4 is 19.7 Å². The number of hydrogen-bond acceptors (Lipinski definition) is 5. The summed E-state index contributed by atoms with van der Waals surface area (Å²) >= 11 is 1.19. The van der Waals surface area contributed by atoms with Gasteiger partial charge in [-0.2, -0.15) is 0 Å². The zero-order chi connectivity index (χ0) is 17.1. The van der Waals surface area contributed by atoms with Crippen LogP contribution in [-0.2, 0) is 11.3 Å². The molecule has 1 atom stereocenters. The molecule has 128 valence electrons. The number of rotatable bonds is 6. The van der Waals surface area contributed by atoms with Crippen molar-refractivity contribution in [2.75, 3.05) is 6.79 Å². The Kier molecular flexibility index (Phi) is 4.89. The van der Waals surface area contributed by atoms with Crippen LogP contribution in [0, 0.1) is 6.92 Å². The molecule has 6 nitrogen and oxygen atoms in total. The SMILES string of the molecule is Cc1csc(=O)n1CCCC(=O)NC(C)c1ccc2c(c1)OCO2. The van der Waals surface area contributed by atoms with Gasteiger partial charge in [0.1, 0.15) is 0 Å². The van der Waals surface area contributed by atoms with Gasteiger partial charge in [-0.1, -0.05) is 17.4 Å². The van der Waals surface area contributed by atoms with Gasteiger partial charge in [0.2, 0.25) is 12.7 Å². The Morgan fingerprint density at radius 3 is 2.92 bits per heavy atom. The Bertz CT molecular complexity index is 796. The molecule has 7 heteroatoms. The zero-order valence-corrected chi connectivity index (χ0v) is 14.5. The fraction of sp³-hybridized carbons (Fsp3) is 0.412. The molecule has 1 aromatic carbocycles. The predicted molar refractivity (Wildman–Crippen MR) is 91.7 cm³/mol. The number of ether oxygens (including phenoxy) is 2. The molecule has 1 aromatic heterocycles. The molecule has 2 heterocycles. The second-order valence-corrected chi connectivity index (χ2v) is 6.62. The van der Waals surface area contributed by atoms with E-state index in [1.165, 1.54) is 11.3 Å². The molecular weight excluding hydrogens is 328 g/mol. The number of benzene rings is 1. The van der Waals surface area contributed by atoms with Crippen LogP contribution in [0.3, 0.4) is 0 Å². The number of carbonyl (C=O) groups excluding carboxylic acids is 1. The molecule has 0 fully saturated rings. The molecule has 0 aliphatic carbocycles. The van der Waals surface area contributed by atoms with Gasteiger partial charge in [-0.25, -0.2) is 0 Å². The van der Waals surface area contributed by atoms with Gasteiger partial charge in [-0.3, -0.25) is 9.59 Å². The second kappa shape index (κ2) is 7.09. The van der Waals surface area contributed by atoms with Gasteiger partial charge in [-0.05, 0) is 38.0 Å². The minimum Gasteiger partial charge on any atom is -0.454 e. The van der Waals surface area contributed by atoms with Crippen molar-refractivity contribution in [1.29, 1.82) is 0 Å². The highest BCUT2D eigenvalue weighted by molar-refractivity contribution is 7.07. The summed E-state index contributed by atoms with van der Waals surface area (Å²) < 4.78 is 12.3. The summed E-state index contributed by atoms with van der Waals surface area (Å²) in [7, 11) is 0. The topological polar surface area (TPSA) is 69.6 Å². The minimum absolute atomic E-state index is 0.0268. The zero-order valence-electron chi connectivity index (χ0n) is 13.7. The van der Waals surface area contributed by atoms with Crippen molar-refractivity contribution in [3.05, 3.63) is 44.5 Å². The summed E-state index contributed by atoms with van der Waals surface area (Å²) in [6, 6.07) is 5.55. The molecule has 0 saturated carbocycles. The fourth-order valence-corrected chi connectivity index (χ4v) is 3.41. The maximum Gasteiger partial charge on any atom is 0.307 e. The van der Waals surface area contributed by atoms with E-state index < -0.39 is 0 Å². The van der Waals surface area contributed by atoms with Crippen LogP contribution in [0.1, 0.15) is 37.1 Å². The molecule has 1 amide bonds. The van der Waals surface area contributed by atoms with E-state index in [-0.39, 0.29) is 23.6 Å². The van der Waals surface area contributed by atoms with E-state index in [1.807, 2.05) is 37.4 Å². The molecule has 1 N–H and O–H groups in total. The van der Waals surface area contributed by atoms with E-state index in [4.69, 9.17) is 9.47 Å². The number of nitrogens with zero attached hydrogens (tertiary/aromatic N) is 1. The van der Waals surface area contributed by atoms with Crippen molar-refractivity contribution in [2.24, 2.45) is 0 Å². The average molecular weight is 348 g/mol. The summed E-state index contributed by atoms with van der Waals surface area (Å²) in [5, 5.41) is 4.81. The first kappa shape index (κ1) is 16.6. The highest BCUT2D eigenvalue weighted by atomic mass is 32.1. The Hall–Kier alpha value is -2.28. The lowest BCUT2D eigenvalue weighted by Gasteiger charge is -2.15. The first-order valence-corrected chi connectivity index (χ1v) is 8.76. The fourth-order valence-electron chi connectivity index (χ4n) is 2.65. The number of amides is 1. The lowest BCUT2D eigenvalue weighted by molar-refractivity contribution is -0.121. The highest BCUT2D eigenvalue weighted by Gasteiger charge is 2.16. The largest absolute Gasteiger partial charge is 0.454 e. The van der Waals surface area contributed by atoms with Gasteiger partial charge in [0.15, 0.2) is 11.5 Å². The summed E-state index contributed by atoms with van der Waals surface area (Å²) in [6.07, 6.45) is 1.02. The maximum atomic E-state index is 12.1. The summed E-state index contributed by atoms with van der Waals surface area (Å²) in [5.74, 6) is 1.41.